The van der Waals surface area contributed by atoms with Crippen LogP contribution in [0.25, 0.3) is 0 Å². The number of aliphatic imine (C=N–C) groups is 1. The molecule has 2 unspecified atom stereocenters. The number of amidine groups is 1. The number of benzene rings is 2. The predicted octanol–water partition coefficient (Wildman–Crippen LogP) is -0.350. The first-order chi connectivity index (χ1) is 22.5. The molecule has 0 saturated heterocycles. The van der Waals surface area contributed by atoms with Crippen LogP contribution in [0.5, 0.6) is 0 Å². The number of guanidine groups is 1. The second-order valence-corrected chi connectivity index (χ2v) is 10.3. The van der Waals surface area contributed by atoms with E-state index in [2.05, 4.69) is 20.9 Å². The van der Waals surface area contributed by atoms with Gasteiger partial charge in [-0.1, -0.05) is 54.6 Å². The highest BCUT2D eigenvalue weighted by molar-refractivity contribution is 6.02. The third-order valence-corrected chi connectivity index (χ3v) is 6.63. The third-order valence-electron chi connectivity index (χ3n) is 6.63. The molecule has 0 bridgehead atoms. The number of alkyl halides is 3. The lowest BCUT2D eigenvalue weighted by Crippen LogP contribution is -2.55. The molecule has 3 atom stereocenters. The second kappa shape index (κ2) is 19.7. The van der Waals surface area contributed by atoms with Crippen LogP contribution >= 0.6 is 0 Å². The first-order valence-corrected chi connectivity index (χ1v) is 14.4. The first kappa shape index (κ1) is 40.3. The number of hydrogen-bond donors (Lipinski definition) is 9. The molecule has 15 nitrogen and oxygen atoms in total. The van der Waals surface area contributed by atoms with E-state index in [9.17, 15) is 32.3 Å². The van der Waals surface area contributed by atoms with Crippen LogP contribution in [-0.4, -0.2) is 78.4 Å². The summed E-state index contributed by atoms with van der Waals surface area (Å²) in [7, 11) is 1.42. The lowest BCUT2D eigenvalue weighted by molar-refractivity contribution is -0.192. The second-order valence-electron chi connectivity index (χ2n) is 10.3. The maximum Gasteiger partial charge on any atom is 0.490 e. The number of aliphatic carboxylic acids is 1. The molecule has 2 aromatic carbocycles. The topological polar surface area (TPSA) is 282 Å². The smallest absolute Gasteiger partial charge is 0.475 e. The van der Waals surface area contributed by atoms with Gasteiger partial charge in [0.25, 0.3) is 0 Å². The van der Waals surface area contributed by atoms with Gasteiger partial charge < -0.3 is 44.0 Å². The number of carboxylic acid groups (broad SMARTS) is 1. The van der Waals surface area contributed by atoms with Crippen molar-refractivity contribution in [3.05, 3.63) is 71.3 Å². The Hall–Kier alpha value is -5.68. The molecule has 0 aliphatic carbocycles. The molecule has 0 aliphatic rings. The summed E-state index contributed by atoms with van der Waals surface area (Å²) >= 11 is 0. The van der Waals surface area contributed by atoms with Crippen molar-refractivity contribution < 1.29 is 42.3 Å². The van der Waals surface area contributed by atoms with Crippen LogP contribution < -0.4 is 38.9 Å². The number of rotatable bonds is 16. The minimum atomic E-state index is -5.08. The summed E-state index contributed by atoms with van der Waals surface area (Å²) in [6.07, 6.45) is -3.81. The number of nitrogens with zero attached hydrogens (tertiary/aromatic N) is 1. The number of carboxylic acids is 1. The summed E-state index contributed by atoms with van der Waals surface area (Å²) in [6.45, 7) is 0.247. The van der Waals surface area contributed by atoms with Gasteiger partial charge in [-0.05, 0) is 43.2 Å². The summed E-state index contributed by atoms with van der Waals surface area (Å²) in [5, 5.41) is 22.5. The van der Waals surface area contributed by atoms with Crippen molar-refractivity contribution in [2.24, 2.45) is 33.8 Å². The lowest BCUT2D eigenvalue weighted by Gasteiger charge is -2.24. The molecule has 2 rings (SSSR count). The normalized spacial score (nSPS) is 12.5. The van der Waals surface area contributed by atoms with Crippen LogP contribution in [0.2, 0.25) is 0 Å². The molecule has 4 amide bonds. The zero-order valence-electron chi connectivity index (χ0n) is 26.0. The number of carbonyl (C=O) groups is 5. The number of amides is 4. The summed E-state index contributed by atoms with van der Waals surface area (Å²) in [5.41, 5.74) is 23.8. The minimum Gasteiger partial charge on any atom is -0.475 e. The van der Waals surface area contributed by atoms with Gasteiger partial charge in [0.1, 0.15) is 23.8 Å². The fourth-order valence-corrected chi connectivity index (χ4v) is 4.09. The van der Waals surface area contributed by atoms with Gasteiger partial charge in [0.15, 0.2) is 5.96 Å². The highest BCUT2D eigenvalue weighted by Crippen LogP contribution is 2.14. The highest BCUT2D eigenvalue weighted by Gasteiger charge is 2.38. The number of halogens is 3. The SMILES string of the molecule is CNC(=O)C(Cc1ccc(C(=N)N)cc1)C(=O)NC(CCc1ccccc1)C(=O)N[C@@H](CCCN=C(N)N)C(N)=O.O=C(O)C(F)(F)F. The molecule has 48 heavy (non-hydrogen) atoms. The molecule has 0 aromatic heterocycles. The van der Waals surface area contributed by atoms with Crippen molar-refractivity contribution in [3.63, 3.8) is 0 Å². The van der Waals surface area contributed by atoms with Crippen LogP contribution in [-0.2, 0) is 36.8 Å². The number of nitrogens with one attached hydrogen (secondary N) is 4. The van der Waals surface area contributed by atoms with E-state index >= 15 is 0 Å². The standard InChI is InChI=1S/C28H39N9O4.C2HF3O2/c1-34-25(39)20(16-18-9-12-19(13-10-18)23(29)30)26(40)37-22(14-11-17-6-3-2-4-7-17)27(41)36-21(24(31)38)8-5-15-35-28(32)33;3-2(4,5)1(6)7/h2-4,6-7,9-10,12-13,20-22H,5,8,11,14-16H2,1H3,(H3,29,30)(H2,31,38)(H,34,39)(H,36,41)(H,37,40)(H4,32,33,35);(H,6,7)/t20?,21-,22?;/m0./s1. The van der Waals surface area contributed by atoms with Crippen molar-refractivity contribution in [1.29, 1.82) is 5.41 Å². The van der Waals surface area contributed by atoms with Gasteiger partial charge in [-0.3, -0.25) is 29.6 Å². The molecular formula is C30H40F3N9O6. The molecule has 0 fully saturated rings. The monoisotopic (exact) mass is 679 g/mol. The number of carbonyl (C=O) groups excluding carboxylic acids is 4. The van der Waals surface area contributed by atoms with Crippen molar-refractivity contribution >= 4 is 41.4 Å². The molecule has 262 valence electrons. The van der Waals surface area contributed by atoms with E-state index in [0.29, 0.717) is 24.0 Å². The average Bonchev–Trinajstić information content (AvgIpc) is 3.02. The molecule has 2 aromatic rings. The van der Waals surface area contributed by atoms with E-state index in [1.54, 1.807) is 24.3 Å². The van der Waals surface area contributed by atoms with Crippen molar-refractivity contribution in [3.8, 4) is 0 Å². The van der Waals surface area contributed by atoms with Crippen LogP contribution in [0.4, 0.5) is 13.2 Å². The summed E-state index contributed by atoms with van der Waals surface area (Å²) in [5.74, 6) is -6.64. The van der Waals surface area contributed by atoms with Gasteiger partial charge >= 0.3 is 12.1 Å². The molecule has 0 radical (unpaired) electrons. The lowest BCUT2D eigenvalue weighted by atomic mass is 9.95. The van der Waals surface area contributed by atoms with Crippen LogP contribution in [0.1, 0.15) is 36.0 Å². The van der Waals surface area contributed by atoms with Gasteiger partial charge in [-0.25, -0.2) is 4.79 Å². The average molecular weight is 680 g/mol. The molecule has 0 saturated carbocycles. The predicted molar refractivity (Wildman–Crippen MR) is 170 cm³/mol. The Morgan fingerprint density at radius 2 is 1.40 bits per heavy atom. The Labute approximate surface area is 274 Å². The Morgan fingerprint density at radius 1 is 0.833 bits per heavy atom. The van der Waals surface area contributed by atoms with Crippen molar-refractivity contribution in [1.82, 2.24) is 16.0 Å². The van der Waals surface area contributed by atoms with E-state index in [1.165, 1.54) is 7.05 Å². The largest absolute Gasteiger partial charge is 0.490 e. The van der Waals surface area contributed by atoms with E-state index < -0.39 is 53.8 Å². The summed E-state index contributed by atoms with van der Waals surface area (Å²) in [4.78, 5) is 64.3. The number of primary amides is 1. The van der Waals surface area contributed by atoms with E-state index in [-0.39, 0.29) is 37.6 Å². The van der Waals surface area contributed by atoms with Gasteiger partial charge in [0, 0.05) is 19.2 Å². The molecule has 0 aliphatic heterocycles. The first-order valence-electron chi connectivity index (χ1n) is 14.4. The molecule has 0 heterocycles. The van der Waals surface area contributed by atoms with E-state index in [0.717, 1.165) is 5.56 Å². The zero-order chi connectivity index (χ0) is 36.4. The maximum atomic E-state index is 13.4. The Kier molecular flexibility index (Phi) is 16.6. The zero-order valence-corrected chi connectivity index (χ0v) is 26.0. The van der Waals surface area contributed by atoms with Gasteiger partial charge in [0.05, 0.1) is 0 Å². The molecule has 13 N–H and O–H groups in total. The molecule has 0 spiro atoms. The van der Waals surface area contributed by atoms with Crippen LogP contribution in [0, 0.1) is 11.3 Å². The van der Waals surface area contributed by atoms with Gasteiger partial charge in [0.2, 0.25) is 23.6 Å². The van der Waals surface area contributed by atoms with Gasteiger partial charge in [-0.15, -0.1) is 0 Å². The number of hydrogen-bond acceptors (Lipinski definition) is 7. The highest BCUT2D eigenvalue weighted by atomic mass is 19.4. The van der Waals surface area contributed by atoms with E-state index in [1.807, 2.05) is 30.3 Å². The van der Waals surface area contributed by atoms with Crippen LogP contribution in [0.3, 0.4) is 0 Å². The number of nitrogens with two attached hydrogens (primary N) is 4. The van der Waals surface area contributed by atoms with Gasteiger partial charge in [-0.2, -0.15) is 13.2 Å². The quantitative estimate of drug-likeness (QED) is 0.0484. The van der Waals surface area contributed by atoms with Crippen LogP contribution in [0.15, 0.2) is 59.6 Å². The fraction of sp³-hybridized carbons (Fsp3) is 0.367. The summed E-state index contributed by atoms with van der Waals surface area (Å²) in [6, 6.07) is 13.9. The molecule has 18 heteroatoms. The Balaban J connectivity index is 0.00000148. The Bertz CT molecular complexity index is 1430. The van der Waals surface area contributed by atoms with Crippen molar-refractivity contribution in [2.75, 3.05) is 13.6 Å². The number of nitrogen functional groups attached to an aromatic ring is 1. The van der Waals surface area contributed by atoms with E-state index in [4.69, 9.17) is 38.2 Å². The third kappa shape index (κ3) is 15.1. The van der Waals surface area contributed by atoms with Crippen molar-refractivity contribution in [2.45, 2.75) is 50.4 Å². The number of aryl methyl sites for hydroxylation is 1. The molecular weight excluding hydrogens is 639 g/mol. The minimum absolute atomic E-state index is 0.0470. The fourth-order valence-electron chi connectivity index (χ4n) is 4.09. The summed E-state index contributed by atoms with van der Waals surface area (Å²) < 4.78 is 31.7. The maximum absolute atomic E-state index is 13.4. The Morgan fingerprint density at radius 3 is 1.88 bits per heavy atom.